The highest BCUT2D eigenvalue weighted by Crippen LogP contribution is 2.42. The fourth-order valence-corrected chi connectivity index (χ4v) is 4.12. The lowest BCUT2D eigenvalue weighted by atomic mass is 9.84. The van der Waals surface area contributed by atoms with Crippen molar-refractivity contribution in [1.82, 2.24) is 0 Å². The van der Waals surface area contributed by atoms with Crippen LogP contribution >= 0.6 is 0 Å². The quantitative estimate of drug-likeness (QED) is 0.568. The van der Waals surface area contributed by atoms with E-state index in [4.69, 9.17) is 0 Å². The molecular weight excluding hydrogens is 288 g/mol. The molecule has 0 fully saturated rings. The Morgan fingerprint density at radius 3 is 2.33 bits per heavy atom. The lowest BCUT2D eigenvalue weighted by Gasteiger charge is -2.20. The number of hydrogen-bond acceptors (Lipinski definition) is 0. The van der Waals surface area contributed by atoms with Crippen molar-refractivity contribution in [3.05, 3.63) is 62.7 Å². The molecule has 0 heterocycles. The number of hydrogen-bond donors (Lipinski definition) is 0. The molecule has 2 aromatic carbocycles. The van der Waals surface area contributed by atoms with Gasteiger partial charge < -0.3 is 0 Å². The molecule has 2 aromatic rings. The highest BCUT2D eigenvalue weighted by molar-refractivity contribution is 5.86. The van der Waals surface area contributed by atoms with E-state index in [1.165, 1.54) is 63.8 Å². The van der Waals surface area contributed by atoms with Crippen molar-refractivity contribution in [2.45, 2.75) is 67.2 Å². The number of allylic oxidation sites excluding steroid dienone is 1. The first kappa shape index (κ1) is 17.0. The Kier molecular flexibility index (Phi) is 4.67. The van der Waals surface area contributed by atoms with Gasteiger partial charge in [0.15, 0.2) is 0 Å². The molecule has 0 spiro atoms. The van der Waals surface area contributed by atoms with Crippen LogP contribution in [-0.2, 0) is 6.42 Å². The maximum atomic E-state index is 2.50. The minimum Gasteiger partial charge on any atom is -0.0654 e. The van der Waals surface area contributed by atoms with Gasteiger partial charge in [-0.15, -0.1) is 0 Å². The highest BCUT2D eigenvalue weighted by atomic mass is 14.3. The topological polar surface area (TPSA) is 0 Å². The van der Waals surface area contributed by atoms with E-state index in [9.17, 15) is 0 Å². The number of fused-ring (bicyclic) bond motifs is 1. The molecule has 1 aliphatic rings. The van der Waals surface area contributed by atoms with Crippen molar-refractivity contribution >= 4 is 6.08 Å². The zero-order valence-corrected chi connectivity index (χ0v) is 16.1. The third-order valence-electron chi connectivity index (χ3n) is 5.80. The van der Waals surface area contributed by atoms with Gasteiger partial charge in [0, 0.05) is 0 Å². The fourth-order valence-electron chi connectivity index (χ4n) is 4.12. The maximum Gasteiger partial charge on any atom is -0.00549 e. The molecule has 1 aliphatic carbocycles. The van der Waals surface area contributed by atoms with Crippen LogP contribution in [0.2, 0.25) is 0 Å². The molecule has 126 valence electrons. The van der Waals surface area contributed by atoms with Crippen molar-refractivity contribution in [3.63, 3.8) is 0 Å². The predicted octanol–water partition coefficient (Wildman–Crippen LogP) is 7.03. The van der Waals surface area contributed by atoms with Gasteiger partial charge in [-0.25, -0.2) is 0 Å². The van der Waals surface area contributed by atoms with E-state index in [2.05, 4.69) is 65.8 Å². The van der Waals surface area contributed by atoms with E-state index < -0.39 is 0 Å². The maximum absolute atomic E-state index is 2.50. The number of benzene rings is 2. The summed E-state index contributed by atoms with van der Waals surface area (Å²) >= 11 is 0. The molecule has 3 rings (SSSR count). The third kappa shape index (κ3) is 2.83. The van der Waals surface area contributed by atoms with Crippen LogP contribution in [0.3, 0.4) is 0 Å². The number of rotatable bonds is 4. The minimum atomic E-state index is 1.15. The van der Waals surface area contributed by atoms with Crippen LogP contribution in [0.5, 0.6) is 0 Å². The van der Waals surface area contributed by atoms with Crippen LogP contribution in [-0.4, -0.2) is 0 Å². The molecule has 0 aromatic heterocycles. The summed E-state index contributed by atoms with van der Waals surface area (Å²) in [7, 11) is 0. The van der Waals surface area contributed by atoms with E-state index in [1.54, 1.807) is 11.1 Å². The van der Waals surface area contributed by atoms with Gasteiger partial charge >= 0.3 is 0 Å². The van der Waals surface area contributed by atoms with E-state index in [-0.39, 0.29) is 0 Å². The molecule has 0 saturated heterocycles. The monoisotopic (exact) mass is 318 g/mol. The summed E-state index contributed by atoms with van der Waals surface area (Å²) in [6.45, 7) is 13.6. The third-order valence-corrected chi connectivity index (χ3v) is 5.80. The van der Waals surface area contributed by atoms with Gasteiger partial charge in [-0.3, -0.25) is 0 Å². The summed E-state index contributed by atoms with van der Waals surface area (Å²) in [6, 6.07) is 6.88. The van der Waals surface area contributed by atoms with E-state index in [1.807, 2.05) is 0 Å². The first-order valence-corrected chi connectivity index (χ1v) is 9.33. The summed E-state index contributed by atoms with van der Waals surface area (Å²) in [5, 5.41) is 0. The van der Waals surface area contributed by atoms with Gasteiger partial charge in [-0.2, -0.15) is 0 Å². The minimum absolute atomic E-state index is 1.15. The normalized spacial score (nSPS) is 13.2. The van der Waals surface area contributed by atoms with Crippen LogP contribution in [0.1, 0.15) is 65.1 Å². The standard InChI is InChI=1S/C24H30/c1-7-8-9-20-13-22-18(5)17(4)19(6)24(23(22)14-20)21-11-10-15(2)12-16(21)3/h10-12,14H,7-9,13H2,1-6H3. The van der Waals surface area contributed by atoms with Crippen LogP contribution in [0, 0.1) is 34.6 Å². The van der Waals surface area contributed by atoms with Crippen LogP contribution < -0.4 is 0 Å². The zero-order valence-electron chi connectivity index (χ0n) is 16.1. The molecule has 0 saturated carbocycles. The van der Waals surface area contributed by atoms with Gasteiger partial charge in [0.05, 0.1) is 0 Å². The van der Waals surface area contributed by atoms with Crippen molar-refractivity contribution in [1.29, 1.82) is 0 Å². The average Bonchev–Trinajstić information content (AvgIpc) is 2.97. The van der Waals surface area contributed by atoms with Crippen molar-refractivity contribution < 1.29 is 0 Å². The molecule has 0 nitrogen and oxygen atoms in total. The molecule has 0 aliphatic heterocycles. The molecule has 0 amide bonds. The van der Waals surface area contributed by atoms with Crippen molar-refractivity contribution in [2.75, 3.05) is 0 Å². The summed E-state index contributed by atoms with van der Waals surface area (Å²) in [5.41, 5.74) is 14.7. The molecular formula is C24H30. The Morgan fingerprint density at radius 2 is 1.67 bits per heavy atom. The highest BCUT2D eigenvalue weighted by Gasteiger charge is 2.23. The van der Waals surface area contributed by atoms with Crippen molar-refractivity contribution in [3.8, 4) is 11.1 Å². The van der Waals surface area contributed by atoms with Gasteiger partial charge in [0.25, 0.3) is 0 Å². The van der Waals surface area contributed by atoms with E-state index in [0.717, 1.165) is 6.42 Å². The summed E-state index contributed by atoms with van der Waals surface area (Å²) in [6.07, 6.45) is 7.47. The number of aryl methyl sites for hydroxylation is 2. The largest absolute Gasteiger partial charge is 0.0654 e. The molecule has 0 atom stereocenters. The van der Waals surface area contributed by atoms with Crippen LogP contribution in [0.15, 0.2) is 23.8 Å². The summed E-state index contributed by atoms with van der Waals surface area (Å²) < 4.78 is 0. The Balaban J connectivity index is 2.22. The second kappa shape index (κ2) is 6.59. The van der Waals surface area contributed by atoms with E-state index in [0.29, 0.717) is 0 Å². The zero-order chi connectivity index (χ0) is 17.4. The number of unbranched alkanes of at least 4 members (excludes halogenated alkanes) is 1. The first-order valence-electron chi connectivity index (χ1n) is 9.33. The molecule has 0 N–H and O–H groups in total. The van der Waals surface area contributed by atoms with Gasteiger partial charge in [-0.05, 0) is 98.4 Å². The SMILES string of the molecule is CCCCC1=Cc2c(c(C)c(C)c(C)c2-c2ccc(C)cc2C)C1. The molecule has 24 heavy (non-hydrogen) atoms. The molecule has 0 bridgehead atoms. The second-order valence-corrected chi connectivity index (χ2v) is 7.54. The van der Waals surface area contributed by atoms with Crippen molar-refractivity contribution in [2.24, 2.45) is 0 Å². The average molecular weight is 319 g/mol. The Bertz CT molecular complexity index is 819. The first-order chi connectivity index (χ1) is 11.4. The second-order valence-electron chi connectivity index (χ2n) is 7.54. The lowest BCUT2D eigenvalue weighted by molar-refractivity contribution is 0.779. The summed E-state index contributed by atoms with van der Waals surface area (Å²) in [4.78, 5) is 0. The predicted molar refractivity (Wildman–Crippen MR) is 107 cm³/mol. The Morgan fingerprint density at radius 1 is 0.917 bits per heavy atom. The summed E-state index contributed by atoms with van der Waals surface area (Å²) in [5.74, 6) is 0. The van der Waals surface area contributed by atoms with Crippen LogP contribution in [0.25, 0.3) is 17.2 Å². The molecule has 0 unspecified atom stereocenters. The Labute approximate surface area is 147 Å². The smallest absolute Gasteiger partial charge is 0.00549 e. The van der Waals surface area contributed by atoms with E-state index >= 15 is 0 Å². The Hall–Kier alpha value is -1.82. The molecule has 0 radical (unpaired) electrons. The van der Waals surface area contributed by atoms with Gasteiger partial charge in [0.2, 0.25) is 0 Å². The van der Waals surface area contributed by atoms with Crippen LogP contribution in [0.4, 0.5) is 0 Å². The van der Waals surface area contributed by atoms with Gasteiger partial charge in [-0.1, -0.05) is 48.8 Å². The lowest BCUT2D eigenvalue weighted by Crippen LogP contribution is -2.01. The van der Waals surface area contributed by atoms with Gasteiger partial charge in [0.1, 0.15) is 0 Å². The fraction of sp³-hybridized carbons (Fsp3) is 0.417. The molecule has 0 heteroatoms.